The third-order valence-electron chi connectivity index (χ3n) is 4.39. The summed E-state index contributed by atoms with van der Waals surface area (Å²) in [7, 11) is 0. The lowest BCUT2D eigenvalue weighted by atomic mass is 10.1. The van der Waals surface area contributed by atoms with Crippen molar-refractivity contribution < 1.29 is 14.3 Å². The van der Waals surface area contributed by atoms with Crippen molar-refractivity contribution in [1.29, 1.82) is 5.26 Å². The SMILES string of the molecule is CCOc1cc(/C=C(/C#N)C(=O)Nc2cccc(Cl)c2)cc(I)c1OCc1ccc(Cl)cc1. The molecule has 0 spiro atoms. The smallest absolute Gasteiger partial charge is 0.266 e. The van der Waals surface area contributed by atoms with Gasteiger partial charge in [0.05, 0.1) is 10.2 Å². The first-order valence-corrected chi connectivity index (χ1v) is 11.8. The van der Waals surface area contributed by atoms with Gasteiger partial charge in [-0.2, -0.15) is 5.26 Å². The number of nitriles is 1. The van der Waals surface area contributed by atoms with Crippen molar-refractivity contribution in [3.8, 4) is 17.6 Å². The zero-order valence-electron chi connectivity index (χ0n) is 17.6. The molecule has 168 valence electrons. The zero-order chi connectivity index (χ0) is 23.8. The first-order valence-electron chi connectivity index (χ1n) is 9.92. The third kappa shape index (κ3) is 7.13. The van der Waals surface area contributed by atoms with Crippen molar-refractivity contribution in [2.24, 2.45) is 0 Å². The zero-order valence-corrected chi connectivity index (χ0v) is 21.2. The van der Waals surface area contributed by atoms with Crippen LogP contribution in [0.5, 0.6) is 11.5 Å². The van der Waals surface area contributed by atoms with Gasteiger partial charge in [0, 0.05) is 15.7 Å². The van der Waals surface area contributed by atoms with Gasteiger partial charge in [0.1, 0.15) is 18.2 Å². The van der Waals surface area contributed by atoms with E-state index in [2.05, 4.69) is 27.9 Å². The molecule has 0 aliphatic rings. The molecule has 5 nitrogen and oxygen atoms in total. The van der Waals surface area contributed by atoms with Crippen molar-refractivity contribution in [2.45, 2.75) is 13.5 Å². The van der Waals surface area contributed by atoms with E-state index in [1.165, 1.54) is 6.08 Å². The van der Waals surface area contributed by atoms with Crippen molar-refractivity contribution in [3.05, 3.63) is 91.0 Å². The monoisotopic (exact) mass is 592 g/mol. The van der Waals surface area contributed by atoms with Gasteiger partial charge in [-0.05, 0) is 89.2 Å². The van der Waals surface area contributed by atoms with Crippen LogP contribution in [0, 0.1) is 14.9 Å². The summed E-state index contributed by atoms with van der Waals surface area (Å²) in [5.74, 6) is 0.583. The Morgan fingerprint density at radius 3 is 2.52 bits per heavy atom. The van der Waals surface area contributed by atoms with Crippen molar-refractivity contribution in [2.75, 3.05) is 11.9 Å². The Kier molecular flexibility index (Phi) is 9.01. The lowest BCUT2D eigenvalue weighted by Crippen LogP contribution is -2.13. The van der Waals surface area contributed by atoms with E-state index in [9.17, 15) is 10.1 Å². The summed E-state index contributed by atoms with van der Waals surface area (Å²) in [5.41, 5.74) is 2.05. The molecular weight excluding hydrogens is 574 g/mol. The second-order valence-electron chi connectivity index (χ2n) is 6.81. The first-order chi connectivity index (χ1) is 15.9. The van der Waals surface area contributed by atoms with Crippen LogP contribution in [0.2, 0.25) is 10.0 Å². The average molecular weight is 593 g/mol. The maximum Gasteiger partial charge on any atom is 0.266 e. The van der Waals surface area contributed by atoms with Gasteiger partial charge in [0.25, 0.3) is 5.91 Å². The standard InChI is InChI=1S/C25H19Cl2IN2O3/c1-2-32-23-12-17(10-18(14-29)25(31)30-21-5-3-4-20(27)13-21)11-22(28)24(23)33-15-16-6-8-19(26)9-7-16/h3-13H,2,15H2,1H3,(H,30,31)/b18-10-. The molecule has 0 radical (unpaired) electrons. The number of hydrogen-bond acceptors (Lipinski definition) is 4. The second-order valence-corrected chi connectivity index (χ2v) is 8.85. The molecule has 8 heteroatoms. The molecule has 0 aromatic heterocycles. The van der Waals surface area contributed by atoms with E-state index in [1.807, 2.05) is 31.2 Å². The molecule has 0 heterocycles. The minimum absolute atomic E-state index is 0.0527. The Labute approximate surface area is 216 Å². The Bertz CT molecular complexity index is 1220. The lowest BCUT2D eigenvalue weighted by Gasteiger charge is -2.15. The number of carbonyl (C=O) groups excluding carboxylic acids is 1. The molecule has 33 heavy (non-hydrogen) atoms. The van der Waals surface area contributed by atoms with Crippen LogP contribution >= 0.6 is 45.8 Å². The molecule has 0 unspecified atom stereocenters. The second kappa shape index (κ2) is 11.9. The molecule has 0 saturated carbocycles. The molecule has 0 aliphatic carbocycles. The number of ether oxygens (including phenoxy) is 2. The number of hydrogen-bond donors (Lipinski definition) is 1. The van der Waals surface area contributed by atoms with Gasteiger partial charge in [-0.3, -0.25) is 4.79 Å². The summed E-state index contributed by atoms with van der Waals surface area (Å²) in [6.45, 7) is 2.65. The van der Waals surface area contributed by atoms with E-state index < -0.39 is 5.91 Å². The molecule has 0 bridgehead atoms. The van der Waals surface area contributed by atoms with Gasteiger partial charge >= 0.3 is 0 Å². The van der Waals surface area contributed by atoms with Gasteiger partial charge in [-0.1, -0.05) is 41.4 Å². The van der Waals surface area contributed by atoms with Crippen LogP contribution < -0.4 is 14.8 Å². The van der Waals surface area contributed by atoms with Crippen LogP contribution in [0.3, 0.4) is 0 Å². The highest BCUT2D eigenvalue weighted by Gasteiger charge is 2.15. The van der Waals surface area contributed by atoms with E-state index in [0.29, 0.717) is 46.0 Å². The summed E-state index contributed by atoms with van der Waals surface area (Å²) >= 11 is 14.0. The molecule has 1 amide bonds. The number of nitrogens with one attached hydrogen (secondary N) is 1. The number of rotatable bonds is 8. The Morgan fingerprint density at radius 1 is 1.09 bits per heavy atom. The molecule has 3 aromatic rings. The van der Waals surface area contributed by atoms with Crippen molar-refractivity contribution in [1.82, 2.24) is 0 Å². The summed E-state index contributed by atoms with van der Waals surface area (Å²) in [6.07, 6.45) is 1.51. The fourth-order valence-corrected chi connectivity index (χ4v) is 3.99. The predicted molar refractivity (Wildman–Crippen MR) is 140 cm³/mol. The van der Waals surface area contributed by atoms with E-state index in [-0.39, 0.29) is 5.57 Å². The van der Waals surface area contributed by atoms with E-state index >= 15 is 0 Å². The van der Waals surface area contributed by atoms with Gasteiger partial charge in [-0.15, -0.1) is 0 Å². The molecular formula is C25H19Cl2IN2O3. The van der Waals surface area contributed by atoms with E-state index in [4.69, 9.17) is 32.7 Å². The fourth-order valence-electron chi connectivity index (χ4n) is 2.89. The maximum atomic E-state index is 12.6. The van der Waals surface area contributed by atoms with Crippen LogP contribution in [0.1, 0.15) is 18.1 Å². The van der Waals surface area contributed by atoms with Gasteiger partial charge in [0.15, 0.2) is 11.5 Å². The minimum Gasteiger partial charge on any atom is -0.490 e. The normalized spacial score (nSPS) is 10.9. The fraction of sp³-hybridized carbons (Fsp3) is 0.120. The van der Waals surface area contributed by atoms with E-state index in [0.717, 1.165) is 9.13 Å². The Hall–Kier alpha value is -2.73. The minimum atomic E-state index is -0.532. The quantitative estimate of drug-likeness (QED) is 0.172. The van der Waals surface area contributed by atoms with Gasteiger partial charge in [-0.25, -0.2) is 0 Å². The topological polar surface area (TPSA) is 71.3 Å². The number of benzene rings is 3. The van der Waals surface area contributed by atoms with Crippen LogP contribution in [-0.2, 0) is 11.4 Å². The molecule has 0 fully saturated rings. The van der Waals surface area contributed by atoms with Crippen molar-refractivity contribution >= 4 is 63.5 Å². The number of nitrogens with zero attached hydrogens (tertiary/aromatic N) is 1. The number of amides is 1. The molecule has 0 saturated heterocycles. The molecule has 0 atom stereocenters. The molecule has 3 aromatic carbocycles. The largest absolute Gasteiger partial charge is 0.490 e. The number of halogens is 3. The molecule has 3 rings (SSSR count). The predicted octanol–water partition coefficient (Wildman–Crippen LogP) is 7.12. The van der Waals surface area contributed by atoms with Crippen molar-refractivity contribution in [3.63, 3.8) is 0 Å². The van der Waals surface area contributed by atoms with Crippen LogP contribution in [0.4, 0.5) is 5.69 Å². The highest BCUT2D eigenvalue weighted by molar-refractivity contribution is 14.1. The lowest BCUT2D eigenvalue weighted by molar-refractivity contribution is -0.112. The first kappa shape index (κ1) is 24.9. The van der Waals surface area contributed by atoms with Gasteiger partial charge in [0.2, 0.25) is 0 Å². The summed E-state index contributed by atoms with van der Waals surface area (Å²) < 4.78 is 12.6. The Morgan fingerprint density at radius 2 is 1.85 bits per heavy atom. The highest BCUT2D eigenvalue weighted by Crippen LogP contribution is 2.35. The summed E-state index contributed by atoms with van der Waals surface area (Å²) in [6, 6.07) is 19.6. The van der Waals surface area contributed by atoms with Gasteiger partial charge < -0.3 is 14.8 Å². The summed E-state index contributed by atoms with van der Waals surface area (Å²) in [4.78, 5) is 12.6. The third-order valence-corrected chi connectivity index (χ3v) is 5.68. The average Bonchev–Trinajstić information content (AvgIpc) is 2.78. The van der Waals surface area contributed by atoms with Crippen LogP contribution in [0.25, 0.3) is 6.08 Å². The van der Waals surface area contributed by atoms with Crippen LogP contribution in [-0.4, -0.2) is 12.5 Å². The number of carbonyl (C=O) groups is 1. The maximum absolute atomic E-state index is 12.6. The molecule has 1 N–H and O–H groups in total. The number of anilines is 1. The summed E-state index contributed by atoms with van der Waals surface area (Å²) in [5, 5.41) is 13.4. The van der Waals surface area contributed by atoms with E-state index in [1.54, 1.807) is 42.5 Å². The Balaban J connectivity index is 1.84. The van der Waals surface area contributed by atoms with Crippen LogP contribution in [0.15, 0.2) is 66.2 Å². The highest BCUT2D eigenvalue weighted by atomic mass is 127. The molecule has 0 aliphatic heterocycles.